The molecule has 5 atom stereocenters. The van der Waals surface area contributed by atoms with Crippen LogP contribution in [0.3, 0.4) is 0 Å². The molecule has 66 valence electrons. The first kappa shape index (κ1) is 8.86. The molecule has 3 N–H and O–H groups in total. The van der Waals surface area contributed by atoms with Crippen molar-refractivity contribution in [2.24, 2.45) is 0 Å². The lowest BCUT2D eigenvalue weighted by molar-refractivity contribution is -0.252. The molecule has 1 heterocycles. The van der Waals surface area contributed by atoms with E-state index in [2.05, 4.69) is 4.74 Å². The summed E-state index contributed by atoms with van der Waals surface area (Å²) in [6.07, 6.45) is -7.04. The van der Waals surface area contributed by atoms with E-state index in [0.29, 0.717) is 0 Å². The summed E-state index contributed by atoms with van der Waals surface area (Å²) in [5, 5.41) is 26.8. The van der Waals surface area contributed by atoms with Crippen LogP contribution in [0.25, 0.3) is 0 Å². The van der Waals surface area contributed by atoms with Crippen LogP contribution in [0.5, 0.6) is 0 Å². The van der Waals surface area contributed by atoms with Gasteiger partial charge in [0.1, 0.15) is 18.3 Å². The third kappa shape index (κ3) is 1.51. The molecule has 0 spiro atoms. The Balaban J connectivity index is 2.63. The van der Waals surface area contributed by atoms with Crippen LogP contribution in [0.4, 0.5) is 4.39 Å². The zero-order valence-corrected chi connectivity index (χ0v) is 6.01. The van der Waals surface area contributed by atoms with Crippen molar-refractivity contribution in [1.29, 1.82) is 0 Å². The van der Waals surface area contributed by atoms with Crippen molar-refractivity contribution in [3.8, 4) is 0 Å². The highest BCUT2D eigenvalue weighted by atomic mass is 19.1. The second kappa shape index (κ2) is 3.02. The van der Waals surface area contributed by atoms with Gasteiger partial charge in [-0.25, -0.2) is 4.39 Å². The summed E-state index contributed by atoms with van der Waals surface area (Å²) in [7, 11) is 0. The molecule has 1 aliphatic rings. The van der Waals surface area contributed by atoms with Gasteiger partial charge in [0.15, 0.2) is 0 Å². The van der Waals surface area contributed by atoms with Crippen molar-refractivity contribution in [2.75, 3.05) is 0 Å². The Morgan fingerprint density at radius 2 is 1.64 bits per heavy atom. The molecule has 0 amide bonds. The van der Waals surface area contributed by atoms with Crippen LogP contribution in [0.15, 0.2) is 0 Å². The zero-order valence-electron chi connectivity index (χ0n) is 6.01. The van der Waals surface area contributed by atoms with Gasteiger partial charge in [-0.3, -0.25) is 0 Å². The van der Waals surface area contributed by atoms with Gasteiger partial charge in [-0.15, -0.1) is 0 Å². The van der Waals surface area contributed by atoms with E-state index in [0.717, 1.165) is 0 Å². The molecular formula is C6H11FO4. The molecule has 0 bridgehead atoms. The molecule has 0 radical (unpaired) electrons. The van der Waals surface area contributed by atoms with Crippen molar-refractivity contribution in [2.45, 2.75) is 37.7 Å². The van der Waals surface area contributed by atoms with Crippen molar-refractivity contribution < 1.29 is 24.4 Å². The van der Waals surface area contributed by atoms with E-state index in [9.17, 15) is 4.39 Å². The summed E-state index contributed by atoms with van der Waals surface area (Å²) in [6.45, 7) is 1.42. The number of aliphatic hydroxyl groups is 3. The molecule has 0 aromatic rings. The van der Waals surface area contributed by atoms with Gasteiger partial charge in [-0.1, -0.05) is 0 Å². The quantitative estimate of drug-likeness (QED) is 0.422. The number of aliphatic hydroxyl groups excluding tert-OH is 3. The number of hydrogen-bond donors (Lipinski definition) is 3. The second-order valence-electron chi connectivity index (χ2n) is 2.66. The van der Waals surface area contributed by atoms with Gasteiger partial charge in [-0.05, 0) is 6.92 Å². The molecule has 11 heavy (non-hydrogen) atoms. The Kier molecular flexibility index (Phi) is 2.43. The Hall–Kier alpha value is -0.230. The minimum atomic E-state index is -1.91. The molecule has 4 nitrogen and oxygen atoms in total. The number of hydrogen-bond acceptors (Lipinski definition) is 4. The Bertz CT molecular complexity index is 129. The summed E-state index contributed by atoms with van der Waals surface area (Å²) in [5.74, 6) is 0. The first-order valence-corrected chi connectivity index (χ1v) is 3.37. The van der Waals surface area contributed by atoms with Gasteiger partial charge >= 0.3 is 0 Å². The van der Waals surface area contributed by atoms with Gasteiger partial charge in [0.05, 0.1) is 6.10 Å². The highest BCUT2D eigenvalue weighted by molar-refractivity contribution is 4.86. The molecule has 1 unspecified atom stereocenters. The van der Waals surface area contributed by atoms with E-state index in [1.54, 1.807) is 0 Å². The fraction of sp³-hybridized carbons (Fsp3) is 1.00. The molecule has 1 saturated heterocycles. The predicted molar refractivity (Wildman–Crippen MR) is 33.5 cm³/mol. The van der Waals surface area contributed by atoms with Gasteiger partial charge in [0.25, 0.3) is 0 Å². The van der Waals surface area contributed by atoms with Crippen LogP contribution in [-0.2, 0) is 4.74 Å². The highest BCUT2D eigenvalue weighted by Gasteiger charge is 2.41. The van der Waals surface area contributed by atoms with Crippen LogP contribution in [0.2, 0.25) is 0 Å². The largest absolute Gasteiger partial charge is 0.388 e. The fourth-order valence-corrected chi connectivity index (χ4v) is 1.00. The van der Waals surface area contributed by atoms with Gasteiger partial charge < -0.3 is 20.1 Å². The lowest BCUT2D eigenvalue weighted by atomic mass is 10.0. The summed E-state index contributed by atoms with van der Waals surface area (Å²) in [4.78, 5) is 0. The minimum Gasteiger partial charge on any atom is -0.388 e. The Morgan fingerprint density at radius 1 is 1.09 bits per heavy atom. The maximum atomic E-state index is 12.5. The van der Waals surface area contributed by atoms with E-state index < -0.39 is 30.8 Å². The number of alkyl halides is 1. The minimum absolute atomic E-state index is 0.789. The SMILES string of the molecule is C[C@@H]1OC(F)[C@H](O)[C@H](O)[C@H]1O. The van der Waals surface area contributed by atoms with Crippen molar-refractivity contribution in [1.82, 2.24) is 0 Å². The number of ether oxygens (including phenoxy) is 1. The average molecular weight is 166 g/mol. The van der Waals surface area contributed by atoms with Gasteiger partial charge in [0, 0.05) is 0 Å². The van der Waals surface area contributed by atoms with Crippen LogP contribution >= 0.6 is 0 Å². The molecule has 0 aromatic carbocycles. The highest BCUT2D eigenvalue weighted by Crippen LogP contribution is 2.21. The molecule has 1 aliphatic heterocycles. The fourth-order valence-electron chi connectivity index (χ4n) is 1.00. The van der Waals surface area contributed by atoms with Crippen molar-refractivity contribution in [3.63, 3.8) is 0 Å². The normalized spacial score (nSPS) is 52.6. The Morgan fingerprint density at radius 3 is 2.18 bits per heavy atom. The molecular weight excluding hydrogens is 155 g/mol. The lowest BCUT2D eigenvalue weighted by Crippen LogP contribution is -2.55. The predicted octanol–water partition coefficient (Wildman–Crippen LogP) is -1.22. The average Bonchev–Trinajstić information content (AvgIpc) is 1.97. The van der Waals surface area contributed by atoms with E-state index in [-0.39, 0.29) is 0 Å². The summed E-state index contributed by atoms with van der Waals surface area (Å²) >= 11 is 0. The summed E-state index contributed by atoms with van der Waals surface area (Å²) in [6, 6.07) is 0. The molecule has 5 heteroatoms. The monoisotopic (exact) mass is 166 g/mol. The third-order valence-electron chi connectivity index (χ3n) is 1.79. The first-order chi connectivity index (χ1) is 5.04. The van der Waals surface area contributed by atoms with E-state index in [4.69, 9.17) is 15.3 Å². The lowest BCUT2D eigenvalue weighted by Gasteiger charge is -2.35. The maximum absolute atomic E-state index is 12.5. The maximum Gasteiger partial charge on any atom is 0.228 e. The van der Waals surface area contributed by atoms with E-state index in [1.165, 1.54) is 6.92 Å². The molecule has 0 aromatic heterocycles. The molecule has 0 saturated carbocycles. The second-order valence-corrected chi connectivity index (χ2v) is 2.66. The zero-order chi connectivity index (χ0) is 8.59. The summed E-state index contributed by atoms with van der Waals surface area (Å²) < 4.78 is 17.0. The first-order valence-electron chi connectivity index (χ1n) is 3.37. The number of halogens is 1. The third-order valence-corrected chi connectivity index (χ3v) is 1.79. The van der Waals surface area contributed by atoms with Crippen molar-refractivity contribution >= 4 is 0 Å². The van der Waals surface area contributed by atoms with Crippen LogP contribution < -0.4 is 0 Å². The van der Waals surface area contributed by atoms with E-state index in [1.807, 2.05) is 0 Å². The van der Waals surface area contributed by atoms with E-state index >= 15 is 0 Å². The molecule has 1 rings (SSSR count). The van der Waals surface area contributed by atoms with Gasteiger partial charge in [-0.2, -0.15) is 0 Å². The molecule has 0 aliphatic carbocycles. The van der Waals surface area contributed by atoms with Gasteiger partial charge in [0.2, 0.25) is 6.36 Å². The van der Waals surface area contributed by atoms with Crippen LogP contribution in [0.1, 0.15) is 6.92 Å². The topological polar surface area (TPSA) is 69.9 Å². The number of rotatable bonds is 0. The Labute approximate surface area is 63.2 Å². The molecule has 1 fully saturated rings. The summed E-state index contributed by atoms with van der Waals surface area (Å²) in [5.41, 5.74) is 0. The standard InChI is InChI=1S/C6H11FO4/c1-2-3(8)4(9)5(10)6(7)11-2/h2-6,8-10H,1H3/t2-,3-,4+,5+,6?/m0/s1. The van der Waals surface area contributed by atoms with Crippen LogP contribution in [-0.4, -0.2) is 46.1 Å². The van der Waals surface area contributed by atoms with Crippen LogP contribution in [0, 0.1) is 0 Å². The smallest absolute Gasteiger partial charge is 0.228 e. The van der Waals surface area contributed by atoms with Crippen molar-refractivity contribution in [3.05, 3.63) is 0 Å².